The van der Waals surface area contributed by atoms with E-state index >= 15 is 0 Å². The molecule has 2 unspecified atom stereocenters. The first-order chi connectivity index (χ1) is 11.7. The van der Waals surface area contributed by atoms with Gasteiger partial charge >= 0.3 is 0 Å². The van der Waals surface area contributed by atoms with Crippen LogP contribution in [0.3, 0.4) is 0 Å². The molecule has 6 heteroatoms. The van der Waals surface area contributed by atoms with Gasteiger partial charge in [-0.25, -0.2) is 0 Å². The van der Waals surface area contributed by atoms with E-state index in [9.17, 15) is 4.79 Å². The number of likely N-dealkylation sites (tertiary alicyclic amines) is 1. The van der Waals surface area contributed by atoms with Crippen molar-refractivity contribution >= 4 is 17.2 Å². The summed E-state index contributed by atoms with van der Waals surface area (Å²) in [5.41, 5.74) is 1.33. The Morgan fingerprint density at radius 3 is 3.21 bits per heavy atom. The van der Waals surface area contributed by atoms with Gasteiger partial charge in [-0.2, -0.15) is 5.10 Å². The summed E-state index contributed by atoms with van der Waals surface area (Å²) in [5.74, 6) is 0.277. The zero-order chi connectivity index (χ0) is 16.5. The van der Waals surface area contributed by atoms with Crippen LogP contribution >= 0.6 is 11.3 Å². The minimum absolute atomic E-state index is 0.0479. The van der Waals surface area contributed by atoms with E-state index < -0.39 is 0 Å². The Bertz CT molecular complexity index is 696. The molecule has 1 amide bonds. The van der Waals surface area contributed by atoms with Gasteiger partial charge in [0.1, 0.15) is 0 Å². The lowest BCUT2D eigenvalue weighted by atomic mass is 10.1. The number of rotatable bonds is 4. The molecular weight excluding hydrogens is 320 g/mol. The van der Waals surface area contributed by atoms with E-state index in [0.717, 1.165) is 45.4 Å². The second-order valence-corrected chi connectivity index (χ2v) is 7.82. The fourth-order valence-corrected chi connectivity index (χ4v) is 4.92. The second kappa shape index (κ2) is 6.69. The largest absolute Gasteiger partial charge is 0.337 e. The van der Waals surface area contributed by atoms with Crippen LogP contribution in [0.5, 0.6) is 0 Å². The van der Waals surface area contributed by atoms with Crippen LogP contribution in [0.15, 0.2) is 29.9 Å². The topological polar surface area (TPSA) is 41.4 Å². The van der Waals surface area contributed by atoms with Crippen LogP contribution in [-0.4, -0.2) is 50.7 Å². The lowest BCUT2D eigenvalue weighted by Crippen LogP contribution is -2.50. The highest BCUT2D eigenvalue weighted by Crippen LogP contribution is 2.27. The maximum Gasteiger partial charge on any atom is 0.239 e. The summed E-state index contributed by atoms with van der Waals surface area (Å²) >= 11 is 1.82. The predicted molar refractivity (Wildman–Crippen MR) is 94.9 cm³/mol. The number of carbonyl (C=O) groups excluding carboxylic acids is 1. The van der Waals surface area contributed by atoms with Crippen molar-refractivity contribution in [3.8, 4) is 0 Å². The monoisotopic (exact) mass is 344 g/mol. The van der Waals surface area contributed by atoms with E-state index in [1.54, 1.807) is 0 Å². The Morgan fingerprint density at radius 1 is 1.46 bits per heavy atom. The molecule has 0 aliphatic carbocycles. The Kier molecular flexibility index (Phi) is 4.41. The number of carbonyl (C=O) groups is 1. The molecule has 0 saturated carbocycles. The molecule has 24 heavy (non-hydrogen) atoms. The fourth-order valence-electron chi connectivity index (χ4n) is 4.03. The van der Waals surface area contributed by atoms with Crippen LogP contribution in [-0.2, 0) is 24.3 Å². The average Bonchev–Trinajstić information content (AvgIpc) is 3.34. The molecular formula is C18H24N4OS. The summed E-state index contributed by atoms with van der Waals surface area (Å²) in [6.45, 7) is 5.59. The first-order valence-electron chi connectivity index (χ1n) is 8.79. The number of nitrogens with zero attached hydrogens (tertiary/aromatic N) is 4. The van der Waals surface area contributed by atoms with Gasteiger partial charge in [0.05, 0.1) is 12.6 Å². The molecule has 0 aromatic carbocycles. The number of hydrogen-bond acceptors (Lipinski definition) is 4. The van der Waals surface area contributed by atoms with Gasteiger partial charge in [-0.3, -0.25) is 14.4 Å². The van der Waals surface area contributed by atoms with Crippen molar-refractivity contribution in [3.05, 3.63) is 40.3 Å². The molecule has 128 valence electrons. The van der Waals surface area contributed by atoms with Crippen molar-refractivity contribution in [2.24, 2.45) is 0 Å². The standard InChI is InChI=1S/C18H24N4OS/c1-14(18(23)20-10-5-17-15(12-20)6-11-24-17)22-9-2-4-16(22)13-21-8-3-7-19-21/h3,6-8,11,14,16H,2,4-5,9-10,12-13H2,1H3. The summed E-state index contributed by atoms with van der Waals surface area (Å²) in [6.07, 6.45) is 7.14. The van der Waals surface area contributed by atoms with Crippen molar-refractivity contribution in [1.82, 2.24) is 19.6 Å². The van der Waals surface area contributed by atoms with Crippen LogP contribution in [0.2, 0.25) is 0 Å². The molecule has 0 N–H and O–H groups in total. The lowest BCUT2D eigenvalue weighted by molar-refractivity contribution is -0.137. The number of hydrogen-bond donors (Lipinski definition) is 0. The molecule has 1 saturated heterocycles. The van der Waals surface area contributed by atoms with E-state index in [0.29, 0.717) is 6.04 Å². The normalized spacial score (nSPS) is 22.5. The van der Waals surface area contributed by atoms with E-state index in [1.807, 2.05) is 39.4 Å². The quantitative estimate of drug-likeness (QED) is 0.855. The molecule has 1 fully saturated rings. The third kappa shape index (κ3) is 3.00. The number of fused-ring (bicyclic) bond motifs is 1. The number of amides is 1. The van der Waals surface area contributed by atoms with Gasteiger partial charge in [-0.05, 0) is 55.8 Å². The van der Waals surface area contributed by atoms with E-state index in [2.05, 4.69) is 28.4 Å². The molecule has 2 atom stereocenters. The van der Waals surface area contributed by atoms with Crippen molar-refractivity contribution in [3.63, 3.8) is 0 Å². The SMILES string of the molecule is CC(C(=O)N1CCc2sccc2C1)N1CCCC1Cn1cccn1. The minimum Gasteiger partial charge on any atom is -0.337 e. The molecule has 4 rings (SSSR count). The third-order valence-electron chi connectivity index (χ3n) is 5.35. The van der Waals surface area contributed by atoms with Crippen LogP contribution in [0.1, 0.15) is 30.2 Å². The van der Waals surface area contributed by atoms with Gasteiger partial charge in [0.2, 0.25) is 5.91 Å². The van der Waals surface area contributed by atoms with E-state index in [1.165, 1.54) is 10.4 Å². The molecule has 0 radical (unpaired) electrons. The summed E-state index contributed by atoms with van der Waals surface area (Å²) in [6, 6.07) is 4.49. The van der Waals surface area contributed by atoms with Crippen LogP contribution in [0.25, 0.3) is 0 Å². The molecule has 2 aromatic rings. The van der Waals surface area contributed by atoms with Gasteiger partial charge in [0.25, 0.3) is 0 Å². The highest BCUT2D eigenvalue weighted by atomic mass is 32.1. The molecule has 0 spiro atoms. The third-order valence-corrected chi connectivity index (χ3v) is 6.38. The number of thiophene rings is 1. The summed E-state index contributed by atoms with van der Waals surface area (Å²) in [7, 11) is 0. The van der Waals surface area contributed by atoms with Gasteiger partial charge < -0.3 is 4.90 Å². The summed E-state index contributed by atoms with van der Waals surface area (Å²) < 4.78 is 1.98. The minimum atomic E-state index is -0.0479. The first kappa shape index (κ1) is 15.8. The highest BCUT2D eigenvalue weighted by molar-refractivity contribution is 7.10. The van der Waals surface area contributed by atoms with E-state index in [-0.39, 0.29) is 11.9 Å². The molecule has 2 aliphatic rings. The Morgan fingerprint density at radius 2 is 2.38 bits per heavy atom. The van der Waals surface area contributed by atoms with Crippen molar-refractivity contribution in [2.75, 3.05) is 13.1 Å². The van der Waals surface area contributed by atoms with Gasteiger partial charge in [-0.1, -0.05) is 0 Å². The van der Waals surface area contributed by atoms with Crippen LogP contribution in [0, 0.1) is 0 Å². The van der Waals surface area contributed by atoms with Crippen molar-refractivity contribution in [2.45, 2.75) is 51.4 Å². The van der Waals surface area contributed by atoms with E-state index in [4.69, 9.17) is 0 Å². The lowest BCUT2D eigenvalue weighted by Gasteiger charge is -2.35. The Labute approximate surface area is 146 Å². The summed E-state index contributed by atoms with van der Waals surface area (Å²) in [5, 5.41) is 6.46. The predicted octanol–water partition coefficient (Wildman–Crippen LogP) is 2.38. The molecule has 2 aromatic heterocycles. The zero-order valence-corrected chi connectivity index (χ0v) is 14.9. The molecule has 4 heterocycles. The van der Waals surface area contributed by atoms with Crippen molar-refractivity contribution < 1.29 is 4.79 Å². The first-order valence-corrected chi connectivity index (χ1v) is 9.67. The Hall–Kier alpha value is -1.66. The number of aromatic nitrogens is 2. The Balaban J connectivity index is 1.42. The zero-order valence-electron chi connectivity index (χ0n) is 14.1. The molecule has 0 bridgehead atoms. The van der Waals surface area contributed by atoms with Gasteiger partial charge in [-0.15, -0.1) is 11.3 Å². The maximum absolute atomic E-state index is 13.0. The van der Waals surface area contributed by atoms with Crippen molar-refractivity contribution in [1.29, 1.82) is 0 Å². The van der Waals surface area contributed by atoms with Gasteiger partial charge in [0.15, 0.2) is 0 Å². The molecule has 5 nitrogen and oxygen atoms in total. The van der Waals surface area contributed by atoms with Crippen LogP contribution in [0.4, 0.5) is 0 Å². The smallest absolute Gasteiger partial charge is 0.239 e. The average molecular weight is 344 g/mol. The molecule has 2 aliphatic heterocycles. The summed E-state index contributed by atoms with van der Waals surface area (Å²) in [4.78, 5) is 18.9. The van der Waals surface area contributed by atoms with Crippen LogP contribution < -0.4 is 0 Å². The maximum atomic E-state index is 13.0. The van der Waals surface area contributed by atoms with Gasteiger partial charge in [0, 0.05) is 36.4 Å². The highest BCUT2D eigenvalue weighted by Gasteiger charge is 2.35. The second-order valence-electron chi connectivity index (χ2n) is 6.82. The fraction of sp³-hybridized carbons (Fsp3) is 0.556.